The Morgan fingerprint density at radius 1 is 1.59 bits per heavy atom. The summed E-state index contributed by atoms with van der Waals surface area (Å²) >= 11 is 5.96. The van der Waals surface area contributed by atoms with E-state index in [0.29, 0.717) is 18.2 Å². The molecule has 0 radical (unpaired) electrons. The Labute approximate surface area is 106 Å². The summed E-state index contributed by atoms with van der Waals surface area (Å²) in [7, 11) is 1.56. The van der Waals surface area contributed by atoms with Crippen molar-refractivity contribution in [3.63, 3.8) is 0 Å². The van der Waals surface area contributed by atoms with Gasteiger partial charge in [-0.05, 0) is 12.3 Å². The van der Waals surface area contributed by atoms with E-state index in [2.05, 4.69) is 24.3 Å². The summed E-state index contributed by atoms with van der Waals surface area (Å²) in [4.78, 5) is 11.6. The lowest BCUT2D eigenvalue weighted by molar-refractivity contribution is 0.521. The predicted molar refractivity (Wildman–Crippen MR) is 70.4 cm³/mol. The highest BCUT2D eigenvalue weighted by Gasteiger charge is 2.13. The molecule has 1 aromatic heterocycles. The first-order valence-electron chi connectivity index (χ1n) is 5.64. The van der Waals surface area contributed by atoms with Crippen molar-refractivity contribution in [3.05, 3.63) is 21.6 Å². The van der Waals surface area contributed by atoms with Gasteiger partial charge in [-0.25, -0.2) is 4.68 Å². The van der Waals surface area contributed by atoms with E-state index in [1.54, 1.807) is 13.2 Å². The molecule has 0 aromatic carbocycles. The Kier molecular flexibility index (Phi) is 4.96. The zero-order valence-electron chi connectivity index (χ0n) is 10.4. The van der Waals surface area contributed by atoms with Crippen LogP contribution in [0.3, 0.4) is 0 Å². The molecule has 6 heteroatoms. The van der Waals surface area contributed by atoms with Gasteiger partial charge < -0.3 is 11.1 Å². The minimum atomic E-state index is -0.308. The van der Waals surface area contributed by atoms with Crippen LogP contribution in [0.5, 0.6) is 0 Å². The van der Waals surface area contributed by atoms with Gasteiger partial charge in [0.15, 0.2) is 0 Å². The number of nitrogens with zero attached hydrogens (tertiary/aromatic N) is 2. The second kappa shape index (κ2) is 6.02. The van der Waals surface area contributed by atoms with Crippen molar-refractivity contribution >= 4 is 17.3 Å². The Balaban J connectivity index is 2.87. The van der Waals surface area contributed by atoms with Crippen LogP contribution < -0.4 is 16.6 Å². The summed E-state index contributed by atoms with van der Waals surface area (Å²) in [5, 5.41) is 7.24. The number of hydrogen-bond acceptors (Lipinski definition) is 4. The molecule has 0 aliphatic heterocycles. The number of hydrogen-bond donors (Lipinski definition) is 2. The molecule has 0 fully saturated rings. The number of aromatic nitrogens is 2. The number of nitrogens with two attached hydrogens (primary N) is 1. The maximum absolute atomic E-state index is 11.6. The molecule has 0 aliphatic carbocycles. The van der Waals surface area contributed by atoms with Crippen molar-refractivity contribution in [1.82, 2.24) is 9.78 Å². The van der Waals surface area contributed by atoms with E-state index in [-0.39, 0.29) is 16.6 Å². The van der Waals surface area contributed by atoms with E-state index in [1.165, 1.54) is 4.68 Å². The molecule has 96 valence electrons. The smallest absolute Gasteiger partial charge is 0.287 e. The molecule has 3 N–H and O–H groups in total. The van der Waals surface area contributed by atoms with Gasteiger partial charge in [-0.1, -0.05) is 25.4 Å². The standard InChI is InChI=1S/C11H19ClN4O/c1-7(2)4-8(5-13)15-9-6-14-16(3)11(17)10(9)12/h6-8,15H,4-5,13H2,1-3H3. The number of rotatable bonds is 5. The number of halogens is 1. The molecule has 1 aromatic rings. The average molecular weight is 259 g/mol. The molecule has 1 rings (SSSR count). The van der Waals surface area contributed by atoms with Gasteiger partial charge in [0.2, 0.25) is 0 Å². The van der Waals surface area contributed by atoms with Crippen molar-refractivity contribution in [2.75, 3.05) is 11.9 Å². The molecular weight excluding hydrogens is 240 g/mol. The molecule has 1 atom stereocenters. The molecule has 1 heterocycles. The van der Waals surface area contributed by atoms with Crippen LogP contribution >= 0.6 is 11.6 Å². The van der Waals surface area contributed by atoms with Crippen LogP contribution in [0.25, 0.3) is 0 Å². The van der Waals surface area contributed by atoms with Gasteiger partial charge in [-0.15, -0.1) is 0 Å². The maximum Gasteiger partial charge on any atom is 0.287 e. The second-order valence-electron chi connectivity index (χ2n) is 4.51. The van der Waals surface area contributed by atoms with Gasteiger partial charge in [0.1, 0.15) is 5.02 Å². The first-order chi connectivity index (χ1) is 7.95. The molecular formula is C11H19ClN4O. The highest BCUT2D eigenvalue weighted by atomic mass is 35.5. The summed E-state index contributed by atoms with van der Waals surface area (Å²) in [6, 6.07) is 0.0985. The predicted octanol–water partition coefficient (Wildman–Crippen LogP) is 1.22. The Hall–Kier alpha value is -1.07. The third-order valence-corrected chi connectivity index (χ3v) is 2.84. The minimum Gasteiger partial charge on any atom is -0.378 e. The van der Waals surface area contributed by atoms with Crippen LogP contribution in [0.2, 0.25) is 5.02 Å². The first kappa shape index (κ1) is 14.0. The van der Waals surface area contributed by atoms with Gasteiger partial charge >= 0.3 is 0 Å². The fourth-order valence-electron chi connectivity index (χ4n) is 1.61. The lowest BCUT2D eigenvalue weighted by atomic mass is 10.0. The van der Waals surface area contributed by atoms with Crippen molar-refractivity contribution < 1.29 is 0 Å². The Bertz CT molecular complexity index is 430. The van der Waals surface area contributed by atoms with E-state index in [1.807, 2.05) is 0 Å². The zero-order chi connectivity index (χ0) is 13.0. The quantitative estimate of drug-likeness (QED) is 0.833. The maximum atomic E-state index is 11.6. The second-order valence-corrected chi connectivity index (χ2v) is 4.89. The highest BCUT2D eigenvalue weighted by molar-refractivity contribution is 6.32. The highest BCUT2D eigenvalue weighted by Crippen LogP contribution is 2.18. The lowest BCUT2D eigenvalue weighted by Gasteiger charge is -2.20. The average Bonchev–Trinajstić information content (AvgIpc) is 2.28. The molecule has 0 aliphatic rings. The van der Waals surface area contributed by atoms with E-state index >= 15 is 0 Å². The normalized spacial score (nSPS) is 12.8. The Morgan fingerprint density at radius 2 is 2.24 bits per heavy atom. The van der Waals surface area contributed by atoms with Crippen molar-refractivity contribution in [1.29, 1.82) is 0 Å². The number of nitrogens with one attached hydrogen (secondary N) is 1. The monoisotopic (exact) mass is 258 g/mol. The molecule has 0 saturated heterocycles. The van der Waals surface area contributed by atoms with Gasteiger partial charge in [0, 0.05) is 19.6 Å². The fourth-order valence-corrected chi connectivity index (χ4v) is 1.84. The van der Waals surface area contributed by atoms with Crippen LogP contribution in [0.1, 0.15) is 20.3 Å². The largest absolute Gasteiger partial charge is 0.378 e. The fraction of sp³-hybridized carbons (Fsp3) is 0.636. The SMILES string of the molecule is CC(C)CC(CN)Nc1cnn(C)c(=O)c1Cl. The molecule has 0 bridgehead atoms. The van der Waals surface area contributed by atoms with Gasteiger partial charge in [0.25, 0.3) is 5.56 Å². The molecule has 5 nitrogen and oxygen atoms in total. The molecule has 0 amide bonds. The van der Waals surface area contributed by atoms with Gasteiger partial charge in [0.05, 0.1) is 11.9 Å². The van der Waals surface area contributed by atoms with E-state index < -0.39 is 0 Å². The number of aryl methyl sites for hydroxylation is 1. The lowest BCUT2D eigenvalue weighted by Crippen LogP contribution is -2.31. The molecule has 1 unspecified atom stereocenters. The Morgan fingerprint density at radius 3 is 2.76 bits per heavy atom. The number of anilines is 1. The molecule has 0 spiro atoms. The summed E-state index contributed by atoms with van der Waals surface area (Å²) in [6.45, 7) is 4.73. The summed E-state index contributed by atoms with van der Waals surface area (Å²) in [5.74, 6) is 0.523. The van der Waals surface area contributed by atoms with Crippen LogP contribution in [0, 0.1) is 5.92 Å². The van der Waals surface area contributed by atoms with Crippen molar-refractivity contribution in [2.45, 2.75) is 26.3 Å². The van der Waals surface area contributed by atoms with Crippen LogP contribution in [-0.2, 0) is 7.05 Å². The topological polar surface area (TPSA) is 72.9 Å². The minimum absolute atomic E-state index is 0.0985. The van der Waals surface area contributed by atoms with Crippen molar-refractivity contribution in [2.24, 2.45) is 18.7 Å². The van der Waals surface area contributed by atoms with Crippen molar-refractivity contribution in [3.8, 4) is 0 Å². The molecule has 0 saturated carbocycles. The third kappa shape index (κ3) is 3.71. The summed E-state index contributed by atoms with van der Waals surface area (Å²) in [5.41, 5.74) is 5.92. The van der Waals surface area contributed by atoms with Gasteiger partial charge in [-0.2, -0.15) is 5.10 Å². The van der Waals surface area contributed by atoms with Crippen LogP contribution in [0.4, 0.5) is 5.69 Å². The summed E-state index contributed by atoms with van der Waals surface area (Å²) < 4.78 is 1.20. The van der Waals surface area contributed by atoms with Crippen LogP contribution in [0.15, 0.2) is 11.0 Å². The summed E-state index contributed by atoms with van der Waals surface area (Å²) in [6.07, 6.45) is 2.47. The molecule has 17 heavy (non-hydrogen) atoms. The zero-order valence-corrected chi connectivity index (χ0v) is 11.2. The first-order valence-corrected chi connectivity index (χ1v) is 6.02. The van der Waals surface area contributed by atoms with E-state index in [9.17, 15) is 4.79 Å². The van der Waals surface area contributed by atoms with E-state index in [0.717, 1.165) is 6.42 Å². The van der Waals surface area contributed by atoms with Crippen LogP contribution in [-0.4, -0.2) is 22.4 Å². The third-order valence-electron chi connectivity index (χ3n) is 2.48. The van der Waals surface area contributed by atoms with Gasteiger partial charge in [-0.3, -0.25) is 4.79 Å². The van der Waals surface area contributed by atoms with E-state index in [4.69, 9.17) is 17.3 Å².